The molecular formula is C10H9FN2O2. The normalized spacial score (nSPS) is 9.40. The smallest absolute Gasteiger partial charge is 0.310 e. The van der Waals surface area contributed by atoms with E-state index in [1.165, 1.54) is 13.2 Å². The minimum atomic E-state index is -0.667. The second-order valence-corrected chi connectivity index (χ2v) is 2.90. The van der Waals surface area contributed by atoms with Gasteiger partial charge in [-0.3, -0.25) is 4.79 Å². The molecule has 0 aliphatic heterocycles. The number of nitrogens with two attached hydrogens (primary N) is 1. The minimum absolute atomic E-state index is 0.0899. The van der Waals surface area contributed by atoms with Crippen LogP contribution in [-0.2, 0) is 16.0 Å². The van der Waals surface area contributed by atoms with Crippen molar-refractivity contribution in [3.63, 3.8) is 0 Å². The molecule has 0 fully saturated rings. The molecule has 0 bridgehead atoms. The molecular weight excluding hydrogens is 199 g/mol. The number of carbonyl (C=O) groups excluding carboxylic acids is 1. The molecule has 0 heterocycles. The third kappa shape index (κ3) is 2.44. The summed E-state index contributed by atoms with van der Waals surface area (Å²) >= 11 is 0. The van der Waals surface area contributed by atoms with Crippen molar-refractivity contribution in [3.05, 3.63) is 29.1 Å². The third-order valence-corrected chi connectivity index (χ3v) is 1.91. The number of benzene rings is 1. The molecule has 1 aromatic carbocycles. The second kappa shape index (κ2) is 4.42. The van der Waals surface area contributed by atoms with E-state index in [0.717, 1.165) is 6.07 Å². The molecule has 0 unspecified atom stereocenters. The third-order valence-electron chi connectivity index (χ3n) is 1.91. The molecule has 0 spiro atoms. The largest absolute Gasteiger partial charge is 0.469 e. The maximum absolute atomic E-state index is 13.0. The van der Waals surface area contributed by atoms with Crippen LogP contribution in [-0.4, -0.2) is 13.1 Å². The number of esters is 1. The first-order chi connectivity index (χ1) is 7.08. The van der Waals surface area contributed by atoms with Gasteiger partial charge in [-0.2, -0.15) is 5.26 Å². The van der Waals surface area contributed by atoms with Gasteiger partial charge in [0.25, 0.3) is 0 Å². The van der Waals surface area contributed by atoms with Gasteiger partial charge in [0.2, 0.25) is 0 Å². The fourth-order valence-electron chi connectivity index (χ4n) is 1.12. The number of carbonyl (C=O) groups is 1. The van der Waals surface area contributed by atoms with Gasteiger partial charge in [0, 0.05) is 0 Å². The summed E-state index contributed by atoms with van der Waals surface area (Å²) in [6.45, 7) is 0. The minimum Gasteiger partial charge on any atom is -0.469 e. The van der Waals surface area contributed by atoms with Crippen LogP contribution in [0.5, 0.6) is 0 Å². The molecule has 0 atom stereocenters. The summed E-state index contributed by atoms with van der Waals surface area (Å²) in [6, 6.07) is 4.07. The van der Waals surface area contributed by atoms with E-state index >= 15 is 0 Å². The lowest BCUT2D eigenvalue weighted by atomic mass is 10.0. The Morgan fingerprint density at radius 1 is 1.67 bits per heavy atom. The molecule has 0 amide bonds. The van der Waals surface area contributed by atoms with Crippen molar-refractivity contribution in [2.45, 2.75) is 6.42 Å². The Morgan fingerprint density at radius 2 is 2.33 bits per heavy atom. The molecule has 1 rings (SSSR count). The number of anilines is 1. The van der Waals surface area contributed by atoms with Gasteiger partial charge >= 0.3 is 5.97 Å². The monoisotopic (exact) mass is 208 g/mol. The zero-order chi connectivity index (χ0) is 11.4. The number of halogens is 1. The standard InChI is InChI=1S/C10H9FN2O2/c1-15-10(14)4-6-3-9(13)8(11)2-7(6)5-12/h2-3H,4,13H2,1H3. The first kappa shape index (κ1) is 11.0. The molecule has 2 N–H and O–H groups in total. The fraction of sp³-hybridized carbons (Fsp3) is 0.200. The van der Waals surface area contributed by atoms with Crippen molar-refractivity contribution in [1.29, 1.82) is 5.26 Å². The number of nitriles is 1. The average Bonchev–Trinajstić information content (AvgIpc) is 2.22. The highest BCUT2D eigenvalue weighted by Gasteiger charge is 2.11. The van der Waals surface area contributed by atoms with Crippen molar-refractivity contribution < 1.29 is 13.9 Å². The van der Waals surface area contributed by atoms with E-state index < -0.39 is 11.8 Å². The van der Waals surface area contributed by atoms with E-state index in [2.05, 4.69) is 4.74 Å². The number of nitrogen functional groups attached to an aromatic ring is 1. The molecule has 78 valence electrons. The van der Waals surface area contributed by atoms with Crippen LogP contribution in [0.3, 0.4) is 0 Å². The van der Waals surface area contributed by atoms with E-state index in [4.69, 9.17) is 11.0 Å². The van der Waals surface area contributed by atoms with E-state index in [-0.39, 0.29) is 17.7 Å². The van der Waals surface area contributed by atoms with E-state index in [1.54, 1.807) is 6.07 Å². The van der Waals surface area contributed by atoms with E-state index in [0.29, 0.717) is 5.56 Å². The molecule has 1 aromatic rings. The summed E-state index contributed by atoms with van der Waals surface area (Å²) in [4.78, 5) is 11.0. The molecule has 0 saturated carbocycles. The van der Waals surface area contributed by atoms with Crippen LogP contribution < -0.4 is 5.73 Å². The van der Waals surface area contributed by atoms with Crippen LogP contribution in [0.15, 0.2) is 12.1 Å². The number of rotatable bonds is 2. The first-order valence-corrected chi connectivity index (χ1v) is 4.13. The average molecular weight is 208 g/mol. The van der Waals surface area contributed by atoms with Gasteiger partial charge in [-0.15, -0.1) is 0 Å². The van der Waals surface area contributed by atoms with Gasteiger partial charge < -0.3 is 10.5 Å². The summed E-state index contributed by atoms with van der Waals surface area (Å²) in [5.41, 5.74) is 5.69. The van der Waals surface area contributed by atoms with Crippen molar-refractivity contribution in [2.24, 2.45) is 0 Å². The van der Waals surface area contributed by atoms with Gasteiger partial charge in [-0.25, -0.2) is 4.39 Å². The van der Waals surface area contributed by atoms with Gasteiger partial charge in [0.1, 0.15) is 5.82 Å². The van der Waals surface area contributed by atoms with Crippen molar-refractivity contribution >= 4 is 11.7 Å². The lowest BCUT2D eigenvalue weighted by molar-refractivity contribution is -0.139. The molecule has 0 aliphatic carbocycles. The number of methoxy groups -OCH3 is 1. The highest BCUT2D eigenvalue weighted by molar-refractivity contribution is 5.74. The van der Waals surface area contributed by atoms with Crippen molar-refractivity contribution in [3.8, 4) is 6.07 Å². The number of nitrogens with zero attached hydrogens (tertiary/aromatic N) is 1. The Kier molecular flexibility index (Phi) is 3.24. The summed E-state index contributed by atoms with van der Waals surface area (Å²) in [6.07, 6.45) is -0.0934. The lowest BCUT2D eigenvalue weighted by Crippen LogP contribution is -2.07. The number of hydrogen-bond donors (Lipinski definition) is 1. The fourth-order valence-corrected chi connectivity index (χ4v) is 1.12. The zero-order valence-electron chi connectivity index (χ0n) is 8.08. The van der Waals surface area contributed by atoms with E-state index in [9.17, 15) is 9.18 Å². The predicted octanol–water partition coefficient (Wildman–Crippen LogP) is 0.995. The summed E-state index contributed by atoms with van der Waals surface area (Å²) < 4.78 is 17.4. The second-order valence-electron chi connectivity index (χ2n) is 2.90. The van der Waals surface area contributed by atoms with Crippen LogP contribution >= 0.6 is 0 Å². The van der Waals surface area contributed by atoms with Gasteiger partial charge in [0.15, 0.2) is 0 Å². The summed E-state index contributed by atoms with van der Waals surface area (Å²) in [5.74, 6) is -1.17. The lowest BCUT2D eigenvalue weighted by Gasteiger charge is -2.04. The summed E-state index contributed by atoms with van der Waals surface area (Å²) in [5, 5.41) is 8.71. The highest BCUT2D eigenvalue weighted by Crippen LogP contribution is 2.18. The Balaban J connectivity index is 3.12. The predicted molar refractivity (Wildman–Crippen MR) is 51.2 cm³/mol. The van der Waals surface area contributed by atoms with Crippen molar-refractivity contribution in [2.75, 3.05) is 12.8 Å². The molecule has 0 aromatic heterocycles. The SMILES string of the molecule is COC(=O)Cc1cc(N)c(F)cc1C#N. The van der Waals surface area contributed by atoms with Crippen LogP contribution in [0, 0.1) is 17.1 Å². The Bertz CT molecular complexity index is 438. The zero-order valence-corrected chi connectivity index (χ0v) is 8.08. The van der Waals surface area contributed by atoms with Gasteiger partial charge in [0.05, 0.1) is 30.9 Å². The topological polar surface area (TPSA) is 76.1 Å². The quantitative estimate of drug-likeness (QED) is 0.581. The van der Waals surface area contributed by atoms with Crippen LogP contribution in [0.1, 0.15) is 11.1 Å². The van der Waals surface area contributed by atoms with Crippen molar-refractivity contribution in [1.82, 2.24) is 0 Å². The molecule has 0 radical (unpaired) electrons. The first-order valence-electron chi connectivity index (χ1n) is 4.13. The highest BCUT2D eigenvalue weighted by atomic mass is 19.1. The maximum Gasteiger partial charge on any atom is 0.310 e. The van der Waals surface area contributed by atoms with Crippen LogP contribution in [0.2, 0.25) is 0 Å². The maximum atomic E-state index is 13.0. The Morgan fingerprint density at radius 3 is 2.87 bits per heavy atom. The molecule has 0 saturated heterocycles. The van der Waals surface area contributed by atoms with Crippen LogP contribution in [0.4, 0.5) is 10.1 Å². The van der Waals surface area contributed by atoms with E-state index in [1.807, 2.05) is 0 Å². The van der Waals surface area contributed by atoms with Crippen LogP contribution in [0.25, 0.3) is 0 Å². The molecule has 0 aliphatic rings. The van der Waals surface area contributed by atoms with Gasteiger partial charge in [-0.1, -0.05) is 0 Å². The molecule has 15 heavy (non-hydrogen) atoms. The molecule has 5 heteroatoms. The molecule has 4 nitrogen and oxygen atoms in total. The Hall–Kier alpha value is -2.09. The number of ether oxygens (including phenoxy) is 1. The number of hydrogen-bond acceptors (Lipinski definition) is 4. The van der Waals surface area contributed by atoms with Gasteiger partial charge in [-0.05, 0) is 17.7 Å². The Labute approximate surface area is 86.1 Å². The summed E-state index contributed by atoms with van der Waals surface area (Å²) in [7, 11) is 1.24.